The molecule has 16 heavy (non-hydrogen) atoms. The van der Waals surface area contributed by atoms with Crippen LogP contribution in [0.5, 0.6) is 0 Å². The minimum atomic E-state index is -0.359. The van der Waals surface area contributed by atoms with E-state index in [-0.39, 0.29) is 31.2 Å². The SMILES string of the molecule is COCCOC(=O)CCC(=O)c1cccs1. The number of Topliss-reactive ketones (excluding diaryl/α,β-unsaturated/α-hetero) is 1. The molecule has 0 aliphatic carbocycles. The van der Waals surface area contributed by atoms with Gasteiger partial charge < -0.3 is 9.47 Å². The minimum absolute atomic E-state index is 0.0151. The van der Waals surface area contributed by atoms with Crippen molar-refractivity contribution in [3.05, 3.63) is 22.4 Å². The molecule has 1 aromatic rings. The molecule has 0 atom stereocenters. The third-order valence-electron chi connectivity index (χ3n) is 1.90. The fourth-order valence-electron chi connectivity index (χ4n) is 1.09. The van der Waals surface area contributed by atoms with Crippen molar-refractivity contribution in [2.75, 3.05) is 20.3 Å². The van der Waals surface area contributed by atoms with Crippen LogP contribution in [0, 0.1) is 0 Å². The van der Waals surface area contributed by atoms with Crippen LogP contribution >= 0.6 is 11.3 Å². The summed E-state index contributed by atoms with van der Waals surface area (Å²) in [5.74, 6) is -0.374. The summed E-state index contributed by atoms with van der Waals surface area (Å²) in [5.41, 5.74) is 0. The molecule has 0 fully saturated rings. The number of esters is 1. The predicted molar refractivity (Wildman–Crippen MR) is 60.7 cm³/mol. The summed E-state index contributed by atoms with van der Waals surface area (Å²) in [7, 11) is 1.54. The maximum Gasteiger partial charge on any atom is 0.306 e. The number of hydrogen-bond donors (Lipinski definition) is 0. The molecule has 0 unspecified atom stereocenters. The van der Waals surface area contributed by atoms with Crippen LogP contribution in [0.2, 0.25) is 0 Å². The molecule has 5 heteroatoms. The molecular weight excluding hydrogens is 228 g/mol. The third kappa shape index (κ3) is 4.55. The monoisotopic (exact) mass is 242 g/mol. The normalized spacial score (nSPS) is 10.1. The summed E-state index contributed by atoms with van der Waals surface area (Å²) in [4.78, 5) is 23.4. The van der Waals surface area contributed by atoms with Gasteiger partial charge in [-0.3, -0.25) is 9.59 Å². The number of ether oxygens (including phenoxy) is 2. The van der Waals surface area contributed by atoms with Gasteiger partial charge in [0.25, 0.3) is 0 Å². The van der Waals surface area contributed by atoms with Crippen LogP contribution in [0.25, 0.3) is 0 Å². The van der Waals surface area contributed by atoms with E-state index in [4.69, 9.17) is 9.47 Å². The van der Waals surface area contributed by atoms with Gasteiger partial charge in [-0.2, -0.15) is 0 Å². The summed E-state index contributed by atoms with van der Waals surface area (Å²) in [5, 5.41) is 1.84. The molecule has 0 radical (unpaired) electrons. The van der Waals surface area contributed by atoms with Gasteiger partial charge in [0, 0.05) is 13.5 Å². The van der Waals surface area contributed by atoms with Gasteiger partial charge in [-0.05, 0) is 11.4 Å². The van der Waals surface area contributed by atoms with Crippen molar-refractivity contribution < 1.29 is 19.1 Å². The molecule has 0 saturated carbocycles. The van der Waals surface area contributed by atoms with Crippen molar-refractivity contribution >= 4 is 23.1 Å². The van der Waals surface area contributed by atoms with Crippen LogP contribution in [0.4, 0.5) is 0 Å². The van der Waals surface area contributed by atoms with Gasteiger partial charge in [-0.15, -0.1) is 11.3 Å². The van der Waals surface area contributed by atoms with Crippen LogP contribution in [-0.4, -0.2) is 32.1 Å². The molecule has 1 heterocycles. The second-order valence-electron chi connectivity index (χ2n) is 3.11. The summed E-state index contributed by atoms with van der Waals surface area (Å²) < 4.78 is 9.57. The van der Waals surface area contributed by atoms with Gasteiger partial charge in [0.05, 0.1) is 17.9 Å². The smallest absolute Gasteiger partial charge is 0.306 e. The van der Waals surface area contributed by atoms with E-state index in [0.717, 1.165) is 0 Å². The minimum Gasteiger partial charge on any atom is -0.463 e. The number of hydrogen-bond acceptors (Lipinski definition) is 5. The second-order valence-corrected chi connectivity index (χ2v) is 4.06. The summed E-state index contributed by atoms with van der Waals surface area (Å²) in [6.07, 6.45) is 0.326. The number of carbonyl (C=O) groups is 2. The van der Waals surface area contributed by atoms with E-state index >= 15 is 0 Å². The van der Waals surface area contributed by atoms with Gasteiger partial charge >= 0.3 is 5.97 Å². The molecule has 0 saturated heterocycles. The highest BCUT2D eigenvalue weighted by molar-refractivity contribution is 7.12. The lowest BCUT2D eigenvalue weighted by atomic mass is 10.2. The predicted octanol–water partition coefficient (Wildman–Crippen LogP) is 1.90. The van der Waals surface area contributed by atoms with Crippen molar-refractivity contribution in [2.24, 2.45) is 0 Å². The van der Waals surface area contributed by atoms with Gasteiger partial charge in [0.15, 0.2) is 5.78 Å². The molecule has 88 valence electrons. The Hall–Kier alpha value is -1.20. The maximum absolute atomic E-state index is 11.5. The molecular formula is C11H14O4S. The first-order chi connectivity index (χ1) is 7.74. The van der Waals surface area contributed by atoms with E-state index in [9.17, 15) is 9.59 Å². The zero-order valence-electron chi connectivity index (χ0n) is 9.10. The largest absolute Gasteiger partial charge is 0.463 e. The highest BCUT2D eigenvalue weighted by Crippen LogP contribution is 2.12. The average Bonchev–Trinajstić information content (AvgIpc) is 2.79. The van der Waals surface area contributed by atoms with Crippen LogP contribution in [0.1, 0.15) is 22.5 Å². The standard InChI is InChI=1S/C11H14O4S/c1-14-6-7-15-11(13)5-4-9(12)10-3-2-8-16-10/h2-3,8H,4-7H2,1H3. The molecule has 0 bridgehead atoms. The molecule has 4 nitrogen and oxygen atoms in total. The molecule has 0 N–H and O–H groups in total. The summed E-state index contributed by atoms with van der Waals surface area (Å²) in [6.45, 7) is 0.618. The number of ketones is 1. The Morgan fingerprint density at radius 3 is 2.75 bits per heavy atom. The topological polar surface area (TPSA) is 52.6 Å². The first-order valence-electron chi connectivity index (χ1n) is 4.95. The number of rotatable bonds is 7. The van der Waals surface area contributed by atoms with Gasteiger partial charge in [0.1, 0.15) is 6.61 Å². The van der Waals surface area contributed by atoms with Crippen molar-refractivity contribution in [3.63, 3.8) is 0 Å². The van der Waals surface area contributed by atoms with Gasteiger partial charge in [-0.1, -0.05) is 6.07 Å². The Balaban J connectivity index is 2.19. The molecule has 1 aromatic heterocycles. The van der Waals surface area contributed by atoms with Crippen molar-refractivity contribution in [2.45, 2.75) is 12.8 Å². The first-order valence-corrected chi connectivity index (χ1v) is 5.83. The highest BCUT2D eigenvalue weighted by atomic mass is 32.1. The van der Waals surface area contributed by atoms with E-state index in [1.165, 1.54) is 18.4 Å². The van der Waals surface area contributed by atoms with Crippen LogP contribution < -0.4 is 0 Å². The van der Waals surface area contributed by atoms with E-state index in [1.807, 2.05) is 11.4 Å². The fourth-order valence-corrected chi connectivity index (χ4v) is 1.78. The maximum atomic E-state index is 11.5. The Morgan fingerprint density at radius 2 is 2.12 bits per heavy atom. The zero-order chi connectivity index (χ0) is 11.8. The van der Waals surface area contributed by atoms with Crippen LogP contribution in [0.3, 0.4) is 0 Å². The lowest BCUT2D eigenvalue weighted by Gasteiger charge is -2.02. The quantitative estimate of drug-likeness (QED) is 0.416. The molecule has 1 rings (SSSR count). The average molecular weight is 242 g/mol. The van der Waals surface area contributed by atoms with Crippen molar-refractivity contribution in [3.8, 4) is 0 Å². The van der Waals surface area contributed by atoms with E-state index < -0.39 is 0 Å². The Labute approximate surface area is 98.2 Å². The van der Waals surface area contributed by atoms with E-state index in [2.05, 4.69) is 0 Å². The zero-order valence-corrected chi connectivity index (χ0v) is 9.92. The Morgan fingerprint density at radius 1 is 1.31 bits per heavy atom. The van der Waals surface area contributed by atoms with Crippen molar-refractivity contribution in [1.29, 1.82) is 0 Å². The number of methoxy groups -OCH3 is 1. The van der Waals surface area contributed by atoms with E-state index in [0.29, 0.717) is 11.5 Å². The fraction of sp³-hybridized carbons (Fsp3) is 0.455. The first kappa shape index (κ1) is 12.9. The van der Waals surface area contributed by atoms with Gasteiger partial charge in [-0.25, -0.2) is 0 Å². The second kappa shape index (κ2) is 7.14. The molecule has 0 aliphatic heterocycles. The molecule has 0 spiro atoms. The van der Waals surface area contributed by atoms with E-state index in [1.54, 1.807) is 6.07 Å². The van der Waals surface area contributed by atoms with Crippen molar-refractivity contribution in [1.82, 2.24) is 0 Å². The number of thiophene rings is 1. The Kier molecular flexibility index (Phi) is 5.74. The molecule has 0 aliphatic rings. The lowest BCUT2D eigenvalue weighted by Crippen LogP contribution is -2.11. The molecule has 0 amide bonds. The number of carbonyl (C=O) groups excluding carboxylic acids is 2. The summed E-state index contributed by atoms with van der Waals surface area (Å²) in [6, 6.07) is 3.57. The van der Waals surface area contributed by atoms with Crippen LogP contribution in [0.15, 0.2) is 17.5 Å². The summed E-state index contributed by atoms with van der Waals surface area (Å²) >= 11 is 1.38. The highest BCUT2D eigenvalue weighted by Gasteiger charge is 2.10. The third-order valence-corrected chi connectivity index (χ3v) is 2.81. The van der Waals surface area contributed by atoms with Gasteiger partial charge in [0.2, 0.25) is 0 Å². The lowest BCUT2D eigenvalue weighted by molar-refractivity contribution is -0.144. The Bertz CT molecular complexity index is 332. The molecule has 0 aromatic carbocycles. The van der Waals surface area contributed by atoms with Crippen LogP contribution in [-0.2, 0) is 14.3 Å².